The Morgan fingerprint density at radius 3 is 2.29 bits per heavy atom. The van der Waals surface area contributed by atoms with Gasteiger partial charge in [0.15, 0.2) is 0 Å². The summed E-state index contributed by atoms with van der Waals surface area (Å²) < 4.78 is 17.1. The lowest BCUT2D eigenvalue weighted by molar-refractivity contribution is 0.00578. The first-order valence-electron chi connectivity index (χ1n) is 7.28. The summed E-state index contributed by atoms with van der Waals surface area (Å²) in [4.78, 5) is 6.54. The van der Waals surface area contributed by atoms with Gasteiger partial charge in [-0.15, -0.1) is 0 Å². The second-order valence-electron chi connectivity index (χ2n) is 6.45. The van der Waals surface area contributed by atoms with E-state index in [0.717, 1.165) is 17.8 Å². The van der Waals surface area contributed by atoms with Gasteiger partial charge in [0.2, 0.25) is 0 Å². The van der Waals surface area contributed by atoms with Crippen LogP contribution in [-0.2, 0) is 14.0 Å². The molecule has 0 aromatic carbocycles. The summed E-state index contributed by atoms with van der Waals surface area (Å²) in [7, 11) is 3.33. The van der Waals surface area contributed by atoms with Gasteiger partial charge in [-0.05, 0) is 33.8 Å². The predicted octanol–water partition coefficient (Wildman–Crippen LogP) is 1.46. The van der Waals surface area contributed by atoms with Gasteiger partial charge in [0.1, 0.15) is 5.82 Å². The second-order valence-corrected chi connectivity index (χ2v) is 6.45. The van der Waals surface area contributed by atoms with Crippen LogP contribution in [-0.4, -0.2) is 50.6 Å². The Morgan fingerprint density at radius 1 is 1.19 bits per heavy atom. The van der Waals surface area contributed by atoms with Gasteiger partial charge in [-0.1, -0.05) is 6.07 Å². The maximum absolute atomic E-state index is 6.02. The largest absolute Gasteiger partial charge is 0.496 e. The molecular weight excluding hydrogens is 267 g/mol. The molecular formula is C15H25BN2O3. The van der Waals surface area contributed by atoms with Crippen molar-refractivity contribution in [2.45, 2.75) is 38.9 Å². The lowest BCUT2D eigenvalue weighted by Crippen LogP contribution is -2.41. The van der Waals surface area contributed by atoms with Gasteiger partial charge >= 0.3 is 7.12 Å². The molecule has 5 nitrogen and oxygen atoms in total. The van der Waals surface area contributed by atoms with Gasteiger partial charge < -0.3 is 18.9 Å². The van der Waals surface area contributed by atoms with E-state index < -0.39 is 0 Å². The average molecular weight is 292 g/mol. The number of hydrogen-bond acceptors (Lipinski definition) is 5. The van der Waals surface area contributed by atoms with Crippen molar-refractivity contribution in [2.75, 3.05) is 32.2 Å². The first-order chi connectivity index (χ1) is 9.77. The van der Waals surface area contributed by atoms with Crippen LogP contribution < -0.4 is 10.4 Å². The highest BCUT2D eigenvalue weighted by molar-refractivity contribution is 6.62. The van der Waals surface area contributed by atoms with Crippen LogP contribution in [0.2, 0.25) is 0 Å². The maximum atomic E-state index is 6.02. The van der Waals surface area contributed by atoms with Gasteiger partial charge in [0.05, 0.1) is 17.8 Å². The van der Waals surface area contributed by atoms with Gasteiger partial charge in [-0.25, -0.2) is 4.98 Å². The Kier molecular flexibility index (Phi) is 4.61. The Balaban J connectivity index is 2.07. The Labute approximate surface area is 127 Å². The minimum atomic E-state index is -0.360. The lowest BCUT2D eigenvalue weighted by Gasteiger charge is -2.32. The van der Waals surface area contributed by atoms with Crippen molar-refractivity contribution in [2.24, 2.45) is 0 Å². The van der Waals surface area contributed by atoms with Crippen LogP contribution in [0, 0.1) is 0 Å². The number of pyridine rings is 1. The van der Waals surface area contributed by atoms with E-state index in [-0.39, 0.29) is 18.3 Å². The van der Waals surface area contributed by atoms with Crippen LogP contribution in [0.1, 0.15) is 27.7 Å². The molecule has 1 saturated heterocycles. The van der Waals surface area contributed by atoms with Gasteiger partial charge in [0, 0.05) is 32.4 Å². The molecule has 0 amide bonds. The standard InChI is InChI=1S/C15H25BN2O3/c1-14(2)15(3,4)21-16(20-14)12-7-8-13(17-11-12)18(5)9-10-19-6/h7-8,11H,9-10H2,1-6H3. The number of likely N-dealkylation sites (N-methyl/N-ethyl adjacent to an activating group) is 1. The fraction of sp³-hybridized carbons (Fsp3) is 0.667. The highest BCUT2D eigenvalue weighted by Gasteiger charge is 2.51. The van der Waals surface area contributed by atoms with Crippen molar-refractivity contribution in [3.8, 4) is 0 Å². The fourth-order valence-corrected chi connectivity index (χ4v) is 2.08. The number of nitrogens with zero attached hydrogens (tertiary/aromatic N) is 2. The number of hydrogen-bond donors (Lipinski definition) is 0. The second kappa shape index (κ2) is 5.95. The molecule has 1 aromatic rings. The Bertz CT molecular complexity index is 460. The van der Waals surface area contributed by atoms with E-state index in [9.17, 15) is 0 Å². The molecule has 0 saturated carbocycles. The zero-order chi connectivity index (χ0) is 15.7. The number of rotatable bonds is 5. The number of anilines is 1. The number of methoxy groups -OCH3 is 1. The molecule has 0 N–H and O–H groups in total. The van der Waals surface area contributed by atoms with Crippen LogP contribution in [0.25, 0.3) is 0 Å². The minimum absolute atomic E-state index is 0.328. The molecule has 0 unspecified atom stereocenters. The van der Waals surface area contributed by atoms with Crippen molar-refractivity contribution in [1.29, 1.82) is 0 Å². The highest BCUT2D eigenvalue weighted by atomic mass is 16.7. The van der Waals surface area contributed by atoms with E-state index in [4.69, 9.17) is 14.0 Å². The average Bonchev–Trinajstić information content (AvgIpc) is 2.65. The van der Waals surface area contributed by atoms with Crippen LogP contribution in [0.15, 0.2) is 18.3 Å². The Morgan fingerprint density at radius 2 is 1.81 bits per heavy atom. The van der Waals surface area contributed by atoms with Crippen molar-refractivity contribution < 1.29 is 14.0 Å². The summed E-state index contributed by atoms with van der Waals surface area (Å²) in [6.45, 7) is 9.68. The third-order valence-electron chi connectivity index (χ3n) is 4.32. The topological polar surface area (TPSA) is 43.8 Å². The van der Waals surface area contributed by atoms with Gasteiger partial charge in [0.25, 0.3) is 0 Å². The predicted molar refractivity (Wildman–Crippen MR) is 85.1 cm³/mol. The summed E-state index contributed by atoms with van der Waals surface area (Å²) in [5, 5.41) is 0. The number of ether oxygens (including phenoxy) is 1. The molecule has 0 spiro atoms. The monoisotopic (exact) mass is 292 g/mol. The summed E-state index contributed by atoms with van der Waals surface area (Å²) in [5.74, 6) is 0.910. The molecule has 6 heteroatoms. The molecule has 0 atom stereocenters. The summed E-state index contributed by atoms with van der Waals surface area (Å²) in [6.07, 6.45) is 1.82. The smallest absolute Gasteiger partial charge is 0.399 e. The van der Waals surface area contributed by atoms with Crippen LogP contribution in [0.4, 0.5) is 5.82 Å². The Hall–Kier alpha value is -1.11. The summed E-state index contributed by atoms with van der Waals surface area (Å²) >= 11 is 0. The van der Waals surface area contributed by atoms with E-state index >= 15 is 0 Å². The SMILES string of the molecule is COCCN(C)c1ccc(B2OC(C)(C)C(C)(C)O2)cn1. The van der Waals surface area contributed by atoms with Crippen LogP contribution in [0.5, 0.6) is 0 Å². The third-order valence-corrected chi connectivity index (χ3v) is 4.32. The molecule has 116 valence electrons. The molecule has 1 fully saturated rings. The van der Waals surface area contributed by atoms with Crippen molar-refractivity contribution in [3.05, 3.63) is 18.3 Å². The van der Waals surface area contributed by atoms with Crippen molar-refractivity contribution >= 4 is 18.4 Å². The maximum Gasteiger partial charge on any atom is 0.496 e. The van der Waals surface area contributed by atoms with Crippen molar-refractivity contribution in [1.82, 2.24) is 4.98 Å². The summed E-state index contributed by atoms with van der Waals surface area (Å²) in [6, 6.07) is 3.99. The molecule has 21 heavy (non-hydrogen) atoms. The highest BCUT2D eigenvalue weighted by Crippen LogP contribution is 2.36. The first kappa shape index (κ1) is 16.3. The molecule has 1 aromatic heterocycles. The van der Waals surface area contributed by atoms with E-state index in [1.54, 1.807) is 7.11 Å². The van der Waals surface area contributed by atoms with Crippen LogP contribution in [0.3, 0.4) is 0 Å². The van der Waals surface area contributed by atoms with E-state index in [0.29, 0.717) is 6.61 Å². The zero-order valence-electron chi connectivity index (χ0n) is 13.8. The minimum Gasteiger partial charge on any atom is -0.399 e. The molecule has 2 heterocycles. The fourth-order valence-electron chi connectivity index (χ4n) is 2.08. The molecule has 2 rings (SSSR count). The molecule has 0 bridgehead atoms. The molecule has 1 aliphatic heterocycles. The molecule has 0 aliphatic carbocycles. The number of aromatic nitrogens is 1. The van der Waals surface area contributed by atoms with Gasteiger partial charge in [-0.2, -0.15) is 0 Å². The molecule has 0 radical (unpaired) electrons. The van der Waals surface area contributed by atoms with Crippen molar-refractivity contribution in [3.63, 3.8) is 0 Å². The third kappa shape index (κ3) is 3.39. The normalized spacial score (nSPS) is 19.8. The lowest BCUT2D eigenvalue weighted by atomic mass is 9.80. The van der Waals surface area contributed by atoms with Gasteiger partial charge in [-0.3, -0.25) is 0 Å². The van der Waals surface area contributed by atoms with E-state index in [1.807, 2.05) is 53.1 Å². The molecule has 1 aliphatic rings. The van der Waals surface area contributed by atoms with E-state index in [1.165, 1.54) is 0 Å². The van der Waals surface area contributed by atoms with Crippen LogP contribution >= 0.6 is 0 Å². The summed E-state index contributed by atoms with van der Waals surface area (Å²) in [5.41, 5.74) is 0.287. The quantitative estimate of drug-likeness (QED) is 0.769. The van der Waals surface area contributed by atoms with E-state index in [2.05, 4.69) is 9.88 Å². The first-order valence-corrected chi connectivity index (χ1v) is 7.28. The zero-order valence-corrected chi connectivity index (χ0v) is 13.8.